The third-order valence-electron chi connectivity index (χ3n) is 5.96. The number of ether oxygens (including phenoxy) is 5. The number of piperidine rings is 1. The number of hydrogen-bond donors (Lipinski definition) is 1. The monoisotopic (exact) mass is 523 g/mol. The number of methoxy groups -OCH3 is 5. The maximum atomic E-state index is 12.2. The quantitative estimate of drug-likeness (QED) is 0.513. The van der Waals surface area contributed by atoms with Crippen LogP contribution in [0.3, 0.4) is 0 Å². The summed E-state index contributed by atoms with van der Waals surface area (Å²) in [5.41, 5.74) is 1.65. The fourth-order valence-corrected chi connectivity index (χ4v) is 4.96. The van der Waals surface area contributed by atoms with Gasteiger partial charge in [0.05, 0.1) is 41.6 Å². The molecule has 1 fully saturated rings. The molecule has 1 aliphatic heterocycles. The van der Waals surface area contributed by atoms with Crippen LogP contribution in [0.2, 0.25) is 0 Å². The fourth-order valence-electron chi connectivity index (χ4n) is 4.42. The maximum Gasteiger partial charge on any atom is 0.320 e. The number of aliphatic carboxylic acids is 1. The molecular weight excluding hydrogens is 494 g/mol. The van der Waals surface area contributed by atoms with E-state index in [2.05, 4.69) is 15.9 Å². The zero-order valence-corrected chi connectivity index (χ0v) is 21.1. The number of nitrogens with zero attached hydrogens (tertiary/aromatic N) is 1. The van der Waals surface area contributed by atoms with Gasteiger partial charge >= 0.3 is 5.97 Å². The highest BCUT2D eigenvalue weighted by atomic mass is 79.9. The highest BCUT2D eigenvalue weighted by Crippen LogP contribution is 2.46. The van der Waals surface area contributed by atoms with Crippen LogP contribution in [0.4, 0.5) is 0 Å². The van der Waals surface area contributed by atoms with Crippen molar-refractivity contribution in [3.8, 4) is 28.7 Å². The van der Waals surface area contributed by atoms with E-state index < -0.39 is 18.1 Å². The van der Waals surface area contributed by atoms with Crippen molar-refractivity contribution in [1.82, 2.24) is 4.90 Å². The molecule has 0 saturated carbocycles. The summed E-state index contributed by atoms with van der Waals surface area (Å²) in [5, 5.41) is 10.0. The minimum absolute atomic E-state index is 0.422. The molecule has 2 aromatic rings. The van der Waals surface area contributed by atoms with Crippen molar-refractivity contribution in [2.75, 3.05) is 42.1 Å². The number of hydrogen-bond acceptors (Lipinski definition) is 7. The number of likely N-dealkylation sites (tertiary alicyclic amines) is 1. The molecule has 0 aromatic heterocycles. The van der Waals surface area contributed by atoms with Gasteiger partial charge in [0, 0.05) is 4.47 Å². The van der Waals surface area contributed by atoms with Crippen molar-refractivity contribution in [3.05, 3.63) is 39.9 Å². The molecule has 0 bridgehead atoms. The van der Waals surface area contributed by atoms with Crippen LogP contribution in [0, 0.1) is 0 Å². The van der Waals surface area contributed by atoms with Crippen molar-refractivity contribution in [2.45, 2.75) is 31.3 Å². The van der Waals surface area contributed by atoms with E-state index in [0.717, 1.165) is 28.4 Å². The molecule has 2 atom stereocenters. The number of carboxylic acid groups (broad SMARTS) is 1. The third kappa shape index (κ3) is 4.99. The number of carbonyl (C=O) groups is 1. The number of rotatable bonds is 9. The standard InChI is InChI=1S/C24H30BrNO7/c1-29-18-12-15(16(25)13-19(18)30-2)22(26-9-7-6-8-17(26)24(27)28)14-10-20(31-3)23(33-5)21(11-14)32-4/h10-13,17,22H,6-9H2,1-5H3,(H,27,28). The van der Waals surface area contributed by atoms with Crippen LogP contribution in [-0.4, -0.2) is 64.1 Å². The molecule has 0 radical (unpaired) electrons. The zero-order chi connectivity index (χ0) is 24.1. The van der Waals surface area contributed by atoms with Gasteiger partial charge in [-0.05, 0) is 54.8 Å². The molecule has 2 aromatic carbocycles. The van der Waals surface area contributed by atoms with E-state index in [1.807, 2.05) is 29.2 Å². The van der Waals surface area contributed by atoms with E-state index in [4.69, 9.17) is 23.7 Å². The molecule has 180 valence electrons. The lowest BCUT2D eigenvalue weighted by Gasteiger charge is -2.40. The number of halogens is 1. The van der Waals surface area contributed by atoms with Gasteiger partial charge in [-0.2, -0.15) is 0 Å². The van der Waals surface area contributed by atoms with Crippen LogP contribution in [0.5, 0.6) is 28.7 Å². The van der Waals surface area contributed by atoms with Crippen LogP contribution >= 0.6 is 15.9 Å². The van der Waals surface area contributed by atoms with E-state index in [0.29, 0.717) is 41.7 Å². The fraction of sp³-hybridized carbons (Fsp3) is 0.458. The Kier molecular flexibility index (Phi) is 8.31. The summed E-state index contributed by atoms with van der Waals surface area (Å²) in [6.07, 6.45) is 2.33. The Morgan fingerprint density at radius 3 is 2.00 bits per heavy atom. The van der Waals surface area contributed by atoms with Gasteiger partial charge < -0.3 is 28.8 Å². The highest BCUT2D eigenvalue weighted by molar-refractivity contribution is 9.10. The predicted molar refractivity (Wildman–Crippen MR) is 127 cm³/mol. The van der Waals surface area contributed by atoms with Gasteiger partial charge in [-0.1, -0.05) is 22.4 Å². The average Bonchev–Trinajstić information content (AvgIpc) is 2.84. The molecular formula is C24H30BrNO7. The molecule has 0 aliphatic carbocycles. The molecule has 33 heavy (non-hydrogen) atoms. The van der Waals surface area contributed by atoms with E-state index in [1.54, 1.807) is 35.5 Å². The molecule has 9 heteroatoms. The number of benzene rings is 2. The molecule has 1 heterocycles. The van der Waals surface area contributed by atoms with Gasteiger partial charge in [-0.3, -0.25) is 9.69 Å². The second-order valence-electron chi connectivity index (χ2n) is 7.68. The first-order chi connectivity index (χ1) is 15.9. The molecule has 1 N–H and O–H groups in total. The van der Waals surface area contributed by atoms with Gasteiger partial charge in [-0.15, -0.1) is 0 Å². The van der Waals surface area contributed by atoms with E-state index >= 15 is 0 Å². The summed E-state index contributed by atoms with van der Waals surface area (Å²) in [7, 11) is 7.82. The highest BCUT2D eigenvalue weighted by Gasteiger charge is 2.37. The van der Waals surface area contributed by atoms with Crippen LogP contribution in [0.15, 0.2) is 28.7 Å². The summed E-state index contributed by atoms with van der Waals surface area (Å²) in [6, 6.07) is 6.38. The molecule has 1 aliphatic rings. The maximum absolute atomic E-state index is 12.2. The second-order valence-corrected chi connectivity index (χ2v) is 8.53. The Labute approximate surface area is 202 Å². The van der Waals surface area contributed by atoms with E-state index in [1.165, 1.54) is 0 Å². The summed E-state index contributed by atoms with van der Waals surface area (Å²) < 4.78 is 28.4. The largest absolute Gasteiger partial charge is 0.493 e. The molecule has 1 saturated heterocycles. The normalized spacial score (nSPS) is 17.2. The lowest BCUT2D eigenvalue weighted by Crippen LogP contribution is -2.47. The lowest BCUT2D eigenvalue weighted by molar-refractivity contribution is -0.145. The van der Waals surface area contributed by atoms with Crippen molar-refractivity contribution in [2.24, 2.45) is 0 Å². The van der Waals surface area contributed by atoms with E-state index in [-0.39, 0.29) is 0 Å². The molecule has 0 spiro atoms. The van der Waals surface area contributed by atoms with Crippen molar-refractivity contribution in [1.29, 1.82) is 0 Å². The summed E-state index contributed by atoms with van der Waals surface area (Å²) in [4.78, 5) is 14.2. The van der Waals surface area contributed by atoms with E-state index in [9.17, 15) is 9.90 Å². The Bertz CT molecular complexity index is 972. The minimum atomic E-state index is -0.844. The van der Waals surface area contributed by atoms with Gasteiger partial charge in [-0.25, -0.2) is 0 Å². The molecule has 8 nitrogen and oxygen atoms in total. The molecule has 3 rings (SSSR count). The second kappa shape index (κ2) is 11.0. The van der Waals surface area contributed by atoms with Gasteiger partial charge in [0.1, 0.15) is 6.04 Å². The van der Waals surface area contributed by atoms with Gasteiger partial charge in [0.25, 0.3) is 0 Å². The van der Waals surface area contributed by atoms with Gasteiger partial charge in [0.2, 0.25) is 5.75 Å². The topological polar surface area (TPSA) is 86.7 Å². The average molecular weight is 524 g/mol. The smallest absolute Gasteiger partial charge is 0.320 e. The Morgan fingerprint density at radius 1 is 0.909 bits per heavy atom. The Morgan fingerprint density at radius 2 is 1.48 bits per heavy atom. The summed E-state index contributed by atoms with van der Waals surface area (Å²) in [5.74, 6) is 1.75. The van der Waals surface area contributed by atoms with Crippen LogP contribution in [0.1, 0.15) is 36.4 Å². The van der Waals surface area contributed by atoms with Crippen molar-refractivity contribution < 1.29 is 33.6 Å². The third-order valence-corrected chi connectivity index (χ3v) is 6.65. The first-order valence-corrected chi connectivity index (χ1v) is 11.4. The van der Waals surface area contributed by atoms with Crippen molar-refractivity contribution >= 4 is 21.9 Å². The predicted octanol–water partition coefficient (Wildman–Crippen LogP) is 4.52. The Hall–Kier alpha value is -2.65. The minimum Gasteiger partial charge on any atom is -0.493 e. The van der Waals surface area contributed by atoms with Crippen LogP contribution in [0.25, 0.3) is 0 Å². The van der Waals surface area contributed by atoms with Crippen LogP contribution < -0.4 is 23.7 Å². The SMILES string of the molecule is COc1cc(Br)c(C(c2cc(OC)c(OC)c(OC)c2)N2CCCCC2C(=O)O)cc1OC. The molecule has 0 amide bonds. The summed E-state index contributed by atoms with van der Waals surface area (Å²) in [6.45, 7) is 0.624. The summed E-state index contributed by atoms with van der Waals surface area (Å²) >= 11 is 3.68. The molecule has 2 unspecified atom stereocenters. The van der Waals surface area contributed by atoms with Crippen LogP contribution in [-0.2, 0) is 4.79 Å². The first kappa shape index (κ1) is 25.0. The van der Waals surface area contributed by atoms with Gasteiger partial charge in [0.15, 0.2) is 23.0 Å². The zero-order valence-electron chi connectivity index (χ0n) is 19.5. The van der Waals surface area contributed by atoms with Crippen molar-refractivity contribution in [3.63, 3.8) is 0 Å². The number of carboxylic acids is 1. The lowest BCUT2D eigenvalue weighted by atomic mass is 9.91. The first-order valence-electron chi connectivity index (χ1n) is 10.6. The Balaban J connectivity index is 2.29.